The zero-order chi connectivity index (χ0) is 32.5. The summed E-state index contributed by atoms with van der Waals surface area (Å²) in [5.41, 5.74) is 5.74. The van der Waals surface area contributed by atoms with Crippen molar-refractivity contribution in [3.63, 3.8) is 0 Å². The number of likely N-dealkylation sites (tertiary alicyclic amines) is 1. The SMILES string of the molecule is CCC(=O)N1CCC[C@H](n2c(=O)c(-c3ccccc3Cl)c(C)c3cnc(Nc4ccc(N5CCC(N(C)C)CC5)c(C)c4)nc32)C1. The van der Waals surface area contributed by atoms with Gasteiger partial charge in [-0.2, -0.15) is 4.98 Å². The Morgan fingerprint density at radius 3 is 2.52 bits per heavy atom. The van der Waals surface area contributed by atoms with E-state index in [4.69, 9.17) is 21.6 Å². The van der Waals surface area contributed by atoms with Crippen molar-refractivity contribution < 1.29 is 4.79 Å². The molecule has 0 bridgehead atoms. The number of pyridine rings is 1. The van der Waals surface area contributed by atoms with Crippen molar-refractivity contribution in [2.45, 2.75) is 65.0 Å². The minimum Gasteiger partial charge on any atom is -0.371 e. The average Bonchev–Trinajstić information content (AvgIpc) is 3.05. The van der Waals surface area contributed by atoms with Gasteiger partial charge in [-0.25, -0.2) is 4.98 Å². The van der Waals surface area contributed by atoms with Crippen LogP contribution in [0.4, 0.5) is 17.3 Å². The van der Waals surface area contributed by atoms with Crippen LogP contribution >= 0.6 is 11.6 Å². The van der Waals surface area contributed by atoms with E-state index in [1.54, 1.807) is 16.8 Å². The molecule has 0 radical (unpaired) electrons. The Balaban J connectivity index is 1.38. The fraction of sp³-hybridized carbons (Fsp3) is 0.444. The Kier molecular flexibility index (Phi) is 9.34. The predicted octanol–water partition coefficient (Wildman–Crippen LogP) is 6.58. The van der Waals surface area contributed by atoms with Crippen LogP contribution in [-0.2, 0) is 4.79 Å². The first-order valence-electron chi connectivity index (χ1n) is 16.4. The van der Waals surface area contributed by atoms with Crippen LogP contribution in [0.2, 0.25) is 5.02 Å². The number of piperidine rings is 2. The molecule has 2 fully saturated rings. The van der Waals surface area contributed by atoms with Crippen LogP contribution in [0.25, 0.3) is 22.2 Å². The minimum atomic E-state index is -0.220. The highest BCUT2D eigenvalue weighted by Gasteiger charge is 2.29. The molecular formula is C36H44ClN7O2. The molecule has 1 N–H and O–H groups in total. The molecule has 1 atom stereocenters. The Bertz CT molecular complexity index is 1810. The summed E-state index contributed by atoms with van der Waals surface area (Å²) in [7, 11) is 4.33. The Labute approximate surface area is 276 Å². The lowest BCUT2D eigenvalue weighted by molar-refractivity contribution is -0.132. The molecule has 2 aromatic heterocycles. The van der Waals surface area contributed by atoms with E-state index >= 15 is 0 Å². The zero-order valence-corrected chi connectivity index (χ0v) is 28.3. The number of rotatable bonds is 7. The van der Waals surface area contributed by atoms with Gasteiger partial charge in [0, 0.05) is 72.2 Å². The Morgan fingerprint density at radius 2 is 1.83 bits per heavy atom. The maximum absolute atomic E-state index is 14.5. The summed E-state index contributed by atoms with van der Waals surface area (Å²) in [5.74, 6) is 0.514. The maximum atomic E-state index is 14.5. The summed E-state index contributed by atoms with van der Waals surface area (Å²) in [6.07, 6.45) is 6.12. The summed E-state index contributed by atoms with van der Waals surface area (Å²) in [5, 5.41) is 4.70. The van der Waals surface area contributed by atoms with Gasteiger partial charge in [-0.1, -0.05) is 36.7 Å². The van der Waals surface area contributed by atoms with E-state index in [9.17, 15) is 9.59 Å². The molecule has 0 aliphatic carbocycles. The first-order chi connectivity index (χ1) is 22.2. The van der Waals surface area contributed by atoms with E-state index in [0.29, 0.717) is 53.3 Å². The fourth-order valence-corrected chi connectivity index (χ4v) is 7.40. The van der Waals surface area contributed by atoms with E-state index < -0.39 is 0 Å². The van der Waals surface area contributed by atoms with Gasteiger partial charge in [0.25, 0.3) is 5.56 Å². The summed E-state index contributed by atoms with van der Waals surface area (Å²) in [6, 6.07) is 14.2. The number of hydrogen-bond acceptors (Lipinski definition) is 7. The number of fused-ring (bicyclic) bond motifs is 1. The predicted molar refractivity (Wildman–Crippen MR) is 188 cm³/mol. The molecule has 242 valence electrons. The number of carbonyl (C=O) groups is 1. The van der Waals surface area contributed by atoms with Gasteiger partial charge in [0.15, 0.2) is 0 Å². The second-order valence-corrected chi connectivity index (χ2v) is 13.3. The molecule has 4 heterocycles. The van der Waals surface area contributed by atoms with Gasteiger partial charge in [0.05, 0.1) is 11.6 Å². The van der Waals surface area contributed by atoms with E-state index in [0.717, 1.165) is 55.4 Å². The van der Waals surface area contributed by atoms with Gasteiger partial charge >= 0.3 is 0 Å². The largest absolute Gasteiger partial charge is 0.371 e. The Hall–Kier alpha value is -3.95. The maximum Gasteiger partial charge on any atom is 0.260 e. The molecular weight excluding hydrogens is 598 g/mol. The summed E-state index contributed by atoms with van der Waals surface area (Å²) in [6.45, 7) is 9.19. The lowest BCUT2D eigenvalue weighted by Crippen LogP contribution is -2.43. The molecule has 2 aliphatic heterocycles. The smallest absolute Gasteiger partial charge is 0.260 e. The second-order valence-electron chi connectivity index (χ2n) is 12.9. The highest BCUT2D eigenvalue weighted by Crippen LogP contribution is 2.34. The average molecular weight is 642 g/mol. The topological polar surface area (TPSA) is 86.6 Å². The van der Waals surface area contributed by atoms with Crippen LogP contribution in [0.3, 0.4) is 0 Å². The highest BCUT2D eigenvalue weighted by molar-refractivity contribution is 6.33. The molecule has 0 spiro atoms. The number of amides is 1. The summed E-state index contributed by atoms with van der Waals surface area (Å²) in [4.78, 5) is 43.5. The van der Waals surface area contributed by atoms with Crippen LogP contribution in [0.15, 0.2) is 53.5 Å². The summed E-state index contributed by atoms with van der Waals surface area (Å²) < 4.78 is 1.79. The van der Waals surface area contributed by atoms with Crippen molar-refractivity contribution in [1.82, 2.24) is 24.3 Å². The van der Waals surface area contributed by atoms with Gasteiger partial charge < -0.3 is 20.0 Å². The third kappa shape index (κ3) is 6.22. The summed E-state index contributed by atoms with van der Waals surface area (Å²) >= 11 is 6.64. The lowest BCUT2D eigenvalue weighted by Gasteiger charge is -2.37. The van der Waals surface area contributed by atoms with E-state index in [-0.39, 0.29) is 17.5 Å². The third-order valence-electron chi connectivity index (χ3n) is 9.76. The van der Waals surface area contributed by atoms with Gasteiger partial charge in [-0.3, -0.25) is 14.2 Å². The van der Waals surface area contributed by atoms with Crippen molar-refractivity contribution in [2.24, 2.45) is 0 Å². The van der Waals surface area contributed by atoms with Gasteiger partial charge in [-0.05, 0) is 89.0 Å². The second kappa shape index (κ2) is 13.4. The number of aryl methyl sites for hydroxylation is 2. The standard InChI is InChI=1S/C36H44ClN7O2/c1-6-32(45)43-17-9-10-27(22-43)44-34-29(24(3)33(35(44)46)28-11-7-8-12-30(28)37)21-38-36(40-34)39-25-13-14-31(23(2)20-25)42-18-15-26(16-19-42)41(4)5/h7-8,11-14,20-21,26-27H,6,9-10,15-19,22H2,1-5H3,(H,38,39,40)/t27-/m0/s1. The molecule has 0 unspecified atom stereocenters. The third-order valence-corrected chi connectivity index (χ3v) is 10.1. The Morgan fingerprint density at radius 1 is 1.07 bits per heavy atom. The first kappa shape index (κ1) is 32.0. The van der Waals surface area contributed by atoms with Crippen molar-refractivity contribution in [3.05, 3.63) is 75.2 Å². The van der Waals surface area contributed by atoms with E-state index in [1.165, 1.54) is 11.3 Å². The molecule has 1 amide bonds. The fourth-order valence-electron chi connectivity index (χ4n) is 7.17. The molecule has 2 aliphatic rings. The number of nitrogens with zero attached hydrogens (tertiary/aromatic N) is 6. The molecule has 46 heavy (non-hydrogen) atoms. The normalized spacial score (nSPS) is 17.6. The molecule has 2 saturated heterocycles. The van der Waals surface area contributed by atoms with Crippen LogP contribution in [0, 0.1) is 13.8 Å². The number of halogens is 1. The van der Waals surface area contributed by atoms with Gasteiger partial charge in [-0.15, -0.1) is 0 Å². The lowest BCUT2D eigenvalue weighted by atomic mass is 9.98. The van der Waals surface area contributed by atoms with Crippen molar-refractivity contribution in [1.29, 1.82) is 0 Å². The van der Waals surface area contributed by atoms with Gasteiger partial charge in [0.2, 0.25) is 11.9 Å². The van der Waals surface area contributed by atoms with E-state index in [2.05, 4.69) is 54.3 Å². The number of benzene rings is 2. The molecule has 6 rings (SSSR count). The number of anilines is 3. The molecule has 2 aromatic carbocycles. The zero-order valence-electron chi connectivity index (χ0n) is 27.5. The number of carbonyl (C=O) groups excluding carboxylic acids is 1. The quantitative estimate of drug-likeness (QED) is 0.244. The van der Waals surface area contributed by atoms with Crippen LogP contribution in [0.5, 0.6) is 0 Å². The van der Waals surface area contributed by atoms with Crippen LogP contribution in [-0.4, -0.2) is 76.6 Å². The minimum absolute atomic E-state index is 0.0957. The van der Waals surface area contributed by atoms with E-state index in [1.807, 2.05) is 36.9 Å². The number of aromatic nitrogens is 3. The number of hydrogen-bond donors (Lipinski definition) is 1. The van der Waals surface area contributed by atoms with Crippen molar-refractivity contribution in [2.75, 3.05) is 50.5 Å². The van der Waals surface area contributed by atoms with Crippen molar-refractivity contribution in [3.8, 4) is 11.1 Å². The molecule has 4 aromatic rings. The highest BCUT2D eigenvalue weighted by atomic mass is 35.5. The van der Waals surface area contributed by atoms with Crippen molar-refractivity contribution >= 4 is 45.9 Å². The molecule has 0 saturated carbocycles. The first-order valence-corrected chi connectivity index (χ1v) is 16.8. The molecule has 9 nitrogen and oxygen atoms in total. The van der Waals surface area contributed by atoms with Crippen LogP contribution in [0.1, 0.15) is 56.2 Å². The molecule has 10 heteroatoms. The number of nitrogens with one attached hydrogen (secondary N) is 1. The van der Waals surface area contributed by atoms with Crippen LogP contribution < -0.4 is 15.8 Å². The van der Waals surface area contributed by atoms with Gasteiger partial charge in [0.1, 0.15) is 5.65 Å². The monoisotopic (exact) mass is 641 g/mol.